The average molecular weight is 385 g/mol. The Morgan fingerprint density at radius 1 is 1.25 bits per heavy atom. The summed E-state index contributed by atoms with van der Waals surface area (Å²) in [5.41, 5.74) is 3.62. The lowest BCUT2D eigenvalue weighted by Crippen LogP contribution is -2.34. The Hall–Kier alpha value is -2.60. The number of carbonyl (C=O) groups excluding carboxylic acids is 2. The molecule has 0 bridgehead atoms. The second-order valence-electron chi connectivity index (χ2n) is 6.88. The molecule has 0 spiro atoms. The van der Waals surface area contributed by atoms with E-state index in [9.17, 15) is 9.59 Å². The molecule has 3 rings (SSSR count). The summed E-state index contributed by atoms with van der Waals surface area (Å²) >= 11 is 0. The number of ether oxygens (including phenoxy) is 3. The van der Waals surface area contributed by atoms with Crippen LogP contribution in [0.15, 0.2) is 46.8 Å². The second kappa shape index (κ2) is 9.06. The Bertz CT molecular complexity index is 824. The van der Waals surface area contributed by atoms with Gasteiger partial charge in [-0.25, -0.2) is 4.79 Å². The fourth-order valence-electron chi connectivity index (χ4n) is 3.82. The van der Waals surface area contributed by atoms with E-state index in [0.29, 0.717) is 36.5 Å². The van der Waals surface area contributed by atoms with Gasteiger partial charge < -0.3 is 19.5 Å². The number of allylic oxidation sites excluding steroid dienone is 3. The third-order valence-electron chi connectivity index (χ3n) is 5.09. The van der Waals surface area contributed by atoms with Crippen molar-refractivity contribution in [3.8, 4) is 5.75 Å². The zero-order valence-electron chi connectivity index (χ0n) is 16.7. The van der Waals surface area contributed by atoms with Gasteiger partial charge in [0.05, 0.1) is 19.3 Å². The van der Waals surface area contributed by atoms with Crippen molar-refractivity contribution in [3.05, 3.63) is 52.4 Å². The van der Waals surface area contributed by atoms with Gasteiger partial charge >= 0.3 is 5.97 Å². The molecular formula is C22H27NO5. The van der Waals surface area contributed by atoms with Gasteiger partial charge in [-0.3, -0.25) is 4.79 Å². The fourth-order valence-corrected chi connectivity index (χ4v) is 3.82. The van der Waals surface area contributed by atoms with Crippen molar-refractivity contribution in [2.45, 2.75) is 39.0 Å². The molecule has 1 aliphatic heterocycles. The summed E-state index contributed by atoms with van der Waals surface area (Å²) < 4.78 is 16.1. The molecule has 1 heterocycles. The van der Waals surface area contributed by atoms with Crippen LogP contribution >= 0.6 is 0 Å². The van der Waals surface area contributed by atoms with E-state index in [4.69, 9.17) is 14.2 Å². The first-order valence-corrected chi connectivity index (χ1v) is 9.69. The number of benzene rings is 1. The molecule has 1 N–H and O–H groups in total. The van der Waals surface area contributed by atoms with E-state index < -0.39 is 11.9 Å². The average Bonchev–Trinajstić information content (AvgIpc) is 2.70. The first-order valence-electron chi connectivity index (χ1n) is 9.69. The number of rotatable bonds is 7. The third-order valence-corrected chi connectivity index (χ3v) is 5.09. The molecule has 0 saturated carbocycles. The molecule has 6 heteroatoms. The van der Waals surface area contributed by atoms with Crippen LogP contribution in [-0.2, 0) is 19.1 Å². The monoisotopic (exact) mass is 385 g/mol. The van der Waals surface area contributed by atoms with Gasteiger partial charge in [0.15, 0.2) is 5.78 Å². The lowest BCUT2D eigenvalue weighted by Gasteiger charge is -2.34. The normalized spacial score (nSPS) is 19.2. The number of carbonyl (C=O) groups is 2. The predicted octanol–water partition coefficient (Wildman–Crippen LogP) is 3.24. The van der Waals surface area contributed by atoms with Crippen LogP contribution in [-0.4, -0.2) is 38.7 Å². The van der Waals surface area contributed by atoms with Crippen molar-refractivity contribution in [1.82, 2.24) is 5.32 Å². The standard InChI is InChI=1S/C22H27NO5/c1-4-27-11-12-28-22(25)19-14(2)23-17-9-6-10-18(24)21(17)20(19)15-7-5-8-16(13-15)26-3/h5,7-8,13,20,23H,4,6,9-12H2,1-3H3. The highest BCUT2D eigenvalue weighted by Crippen LogP contribution is 2.43. The summed E-state index contributed by atoms with van der Waals surface area (Å²) in [6.07, 6.45) is 2.11. The van der Waals surface area contributed by atoms with E-state index in [1.165, 1.54) is 0 Å². The first-order chi connectivity index (χ1) is 13.6. The quantitative estimate of drug-likeness (QED) is 0.574. The van der Waals surface area contributed by atoms with Gasteiger partial charge in [-0.15, -0.1) is 0 Å². The van der Waals surface area contributed by atoms with Crippen LogP contribution in [0.3, 0.4) is 0 Å². The third kappa shape index (κ3) is 4.12. The number of hydrogen-bond acceptors (Lipinski definition) is 6. The maximum Gasteiger partial charge on any atom is 0.336 e. The summed E-state index contributed by atoms with van der Waals surface area (Å²) in [4.78, 5) is 25.8. The second-order valence-corrected chi connectivity index (χ2v) is 6.88. The number of esters is 1. The Morgan fingerprint density at radius 2 is 2.07 bits per heavy atom. The number of ketones is 1. The van der Waals surface area contributed by atoms with Crippen molar-refractivity contribution in [1.29, 1.82) is 0 Å². The Kier molecular flexibility index (Phi) is 6.52. The Balaban J connectivity index is 2.00. The number of hydrogen-bond donors (Lipinski definition) is 1. The molecular weight excluding hydrogens is 358 g/mol. The van der Waals surface area contributed by atoms with Gasteiger partial charge in [0.2, 0.25) is 0 Å². The Labute approximate surface area is 165 Å². The fraction of sp³-hybridized carbons (Fsp3) is 0.455. The van der Waals surface area contributed by atoms with E-state index in [1.807, 2.05) is 38.1 Å². The number of Topliss-reactive ketones (excluding diaryl/α,β-unsaturated/α-hetero) is 1. The van der Waals surface area contributed by atoms with Crippen LogP contribution in [0.2, 0.25) is 0 Å². The van der Waals surface area contributed by atoms with Gasteiger partial charge in [-0.2, -0.15) is 0 Å². The van der Waals surface area contributed by atoms with E-state index in [-0.39, 0.29) is 12.4 Å². The molecule has 1 unspecified atom stereocenters. The zero-order chi connectivity index (χ0) is 20.1. The number of methoxy groups -OCH3 is 1. The van der Waals surface area contributed by atoms with Crippen LogP contribution in [0.1, 0.15) is 44.6 Å². The molecule has 0 saturated heterocycles. The van der Waals surface area contributed by atoms with E-state index >= 15 is 0 Å². The summed E-state index contributed by atoms with van der Waals surface area (Å²) in [7, 11) is 1.60. The molecule has 150 valence electrons. The highest BCUT2D eigenvalue weighted by molar-refractivity contribution is 6.03. The minimum absolute atomic E-state index is 0.0775. The molecule has 28 heavy (non-hydrogen) atoms. The zero-order valence-corrected chi connectivity index (χ0v) is 16.7. The van der Waals surface area contributed by atoms with Crippen LogP contribution in [0.5, 0.6) is 5.75 Å². The van der Waals surface area contributed by atoms with E-state index in [0.717, 1.165) is 29.8 Å². The SMILES string of the molecule is CCOCCOC(=O)C1=C(C)NC2=C(C(=O)CCC2)C1c1cccc(OC)c1. The van der Waals surface area contributed by atoms with Gasteiger partial charge in [-0.05, 0) is 44.4 Å². The van der Waals surface area contributed by atoms with Crippen molar-refractivity contribution in [3.63, 3.8) is 0 Å². The van der Waals surface area contributed by atoms with Gasteiger partial charge in [0.25, 0.3) is 0 Å². The topological polar surface area (TPSA) is 73.9 Å². The molecule has 0 radical (unpaired) electrons. The Morgan fingerprint density at radius 3 is 2.82 bits per heavy atom. The van der Waals surface area contributed by atoms with Crippen molar-refractivity contribution < 1.29 is 23.8 Å². The minimum Gasteiger partial charge on any atom is -0.497 e. The smallest absolute Gasteiger partial charge is 0.336 e. The van der Waals surface area contributed by atoms with Crippen molar-refractivity contribution >= 4 is 11.8 Å². The summed E-state index contributed by atoms with van der Waals surface area (Å²) in [5.74, 6) is -0.127. The molecule has 2 aliphatic rings. The van der Waals surface area contributed by atoms with Crippen LogP contribution in [0, 0.1) is 0 Å². The molecule has 6 nitrogen and oxygen atoms in total. The van der Waals surface area contributed by atoms with E-state index in [2.05, 4.69) is 5.32 Å². The number of nitrogens with one attached hydrogen (secondary N) is 1. The molecule has 1 aliphatic carbocycles. The maximum atomic E-state index is 13.0. The lowest BCUT2D eigenvalue weighted by molar-refractivity contribution is -0.140. The molecule has 1 atom stereocenters. The summed E-state index contributed by atoms with van der Waals surface area (Å²) in [5, 5.41) is 3.28. The van der Waals surface area contributed by atoms with E-state index in [1.54, 1.807) is 7.11 Å². The molecule has 1 aromatic carbocycles. The highest BCUT2D eigenvalue weighted by Gasteiger charge is 2.39. The van der Waals surface area contributed by atoms with Gasteiger partial charge in [-0.1, -0.05) is 12.1 Å². The van der Waals surface area contributed by atoms with Crippen LogP contribution in [0.25, 0.3) is 0 Å². The summed E-state index contributed by atoms with van der Waals surface area (Å²) in [6, 6.07) is 7.52. The molecule has 1 aromatic rings. The summed E-state index contributed by atoms with van der Waals surface area (Å²) in [6.45, 7) is 4.83. The molecule has 0 aromatic heterocycles. The maximum absolute atomic E-state index is 13.0. The van der Waals surface area contributed by atoms with Gasteiger partial charge in [0.1, 0.15) is 12.4 Å². The predicted molar refractivity (Wildman–Crippen MR) is 105 cm³/mol. The molecule has 0 amide bonds. The van der Waals surface area contributed by atoms with Crippen LogP contribution in [0.4, 0.5) is 0 Å². The van der Waals surface area contributed by atoms with Crippen molar-refractivity contribution in [2.75, 3.05) is 26.9 Å². The van der Waals surface area contributed by atoms with Crippen molar-refractivity contribution in [2.24, 2.45) is 0 Å². The highest BCUT2D eigenvalue weighted by atomic mass is 16.6. The number of dihydropyridines is 1. The molecule has 0 fully saturated rings. The minimum atomic E-state index is -0.459. The lowest BCUT2D eigenvalue weighted by atomic mass is 9.75. The largest absolute Gasteiger partial charge is 0.497 e. The first kappa shape index (κ1) is 20.1. The van der Waals surface area contributed by atoms with Crippen LogP contribution < -0.4 is 10.1 Å². The van der Waals surface area contributed by atoms with Gasteiger partial charge in [0, 0.05) is 35.9 Å².